The Hall–Kier alpha value is -1.06. The SMILES string of the molecule is CCC(CC)CNC(=O)C1CCCN(C(=O)C2CC2)C1. The van der Waals surface area contributed by atoms with Gasteiger partial charge >= 0.3 is 0 Å². The van der Waals surface area contributed by atoms with Crippen LogP contribution in [0.25, 0.3) is 0 Å². The highest BCUT2D eigenvalue weighted by molar-refractivity contribution is 5.83. The molecule has 1 atom stereocenters. The molecule has 1 saturated heterocycles. The molecule has 1 saturated carbocycles. The fourth-order valence-corrected chi connectivity index (χ4v) is 2.95. The molecule has 2 fully saturated rings. The topological polar surface area (TPSA) is 49.4 Å². The summed E-state index contributed by atoms with van der Waals surface area (Å²) in [5.41, 5.74) is 0. The van der Waals surface area contributed by atoms with E-state index in [1.54, 1.807) is 0 Å². The minimum absolute atomic E-state index is 0.000752. The number of nitrogens with one attached hydrogen (secondary N) is 1. The Morgan fingerprint density at radius 3 is 2.45 bits per heavy atom. The van der Waals surface area contributed by atoms with Crippen LogP contribution in [0.2, 0.25) is 0 Å². The lowest BCUT2D eigenvalue weighted by molar-refractivity contribution is -0.136. The number of piperidine rings is 1. The van der Waals surface area contributed by atoms with Crippen LogP contribution in [-0.4, -0.2) is 36.3 Å². The number of carbonyl (C=O) groups is 2. The van der Waals surface area contributed by atoms with Crippen molar-refractivity contribution in [2.75, 3.05) is 19.6 Å². The van der Waals surface area contributed by atoms with E-state index in [9.17, 15) is 9.59 Å². The third-order valence-corrected chi connectivity index (χ3v) is 4.75. The second-order valence-corrected chi connectivity index (χ2v) is 6.33. The molecule has 0 aromatic carbocycles. The van der Waals surface area contributed by atoms with Crippen molar-refractivity contribution in [1.29, 1.82) is 0 Å². The van der Waals surface area contributed by atoms with Gasteiger partial charge in [-0.2, -0.15) is 0 Å². The summed E-state index contributed by atoms with van der Waals surface area (Å²) in [5.74, 6) is 1.27. The van der Waals surface area contributed by atoms with Crippen LogP contribution in [0.4, 0.5) is 0 Å². The van der Waals surface area contributed by atoms with Crippen molar-refractivity contribution in [3.8, 4) is 0 Å². The van der Waals surface area contributed by atoms with Gasteiger partial charge in [-0.25, -0.2) is 0 Å². The van der Waals surface area contributed by atoms with E-state index >= 15 is 0 Å². The molecule has 4 nitrogen and oxygen atoms in total. The largest absolute Gasteiger partial charge is 0.356 e. The Labute approximate surface area is 122 Å². The fraction of sp³-hybridized carbons (Fsp3) is 0.875. The monoisotopic (exact) mass is 280 g/mol. The lowest BCUT2D eigenvalue weighted by atomic mass is 9.96. The summed E-state index contributed by atoms with van der Waals surface area (Å²) in [6.07, 6.45) is 6.17. The number of carbonyl (C=O) groups excluding carboxylic acids is 2. The molecule has 0 radical (unpaired) electrons. The van der Waals surface area contributed by atoms with E-state index < -0.39 is 0 Å². The number of nitrogens with zero attached hydrogens (tertiary/aromatic N) is 1. The lowest BCUT2D eigenvalue weighted by Crippen LogP contribution is -2.46. The molecule has 0 aromatic heterocycles. The zero-order valence-electron chi connectivity index (χ0n) is 12.9. The Bertz CT molecular complexity index is 348. The quantitative estimate of drug-likeness (QED) is 0.811. The van der Waals surface area contributed by atoms with Crippen LogP contribution in [0, 0.1) is 17.8 Å². The molecule has 2 amide bonds. The number of rotatable bonds is 6. The summed E-state index contributed by atoms with van der Waals surface area (Å²) in [5, 5.41) is 3.08. The molecular weight excluding hydrogens is 252 g/mol. The number of hydrogen-bond acceptors (Lipinski definition) is 2. The molecule has 1 heterocycles. The first-order chi connectivity index (χ1) is 9.65. The van der Waals surface area contributed by atoms with Gasteiger partial charge in [-0.05, 0) is 31.6 Å². The van der Waals surface area contributed by atoms with Gasteiger partial charge in [0.15, 0.2) is 0 Å². The van der Waals surface area contributed by atoms with Crippen molar-refractivity contribution in [3.05, 3.63) is 0 Å². The predicted molar refractivity (Wildman–Crippen MR) is 79.1 cm³/mol. The Morgan fingerprint density at radius 1 is 1.15 bits per heavy atom. The van der Waals surface area contributed by atoms with Crippen LogP contribution >= 0.6 is 0 Å². The molecular formula is C16H28N2O2. The van der Waals surface area contributed by atoms with Crippen LogP contribution < -0.4 is 5.32 Å². The molecule has 1 N–H and O–H groups in total. The molecule has 20 heavy (non-hydrogen) atoms. The lowest BCUT2D eigenvalue weighted by Gasteiger charge is -2.32. The van der Waals surface area contributed by atoms with Gasteiger partial charge in [0.2, 0.25) is 11.8 Å². The van der Waals surface area contributed by atoms with Gasteiger partial charge in [0, 0.05) is 25.6 Å². The minimum Gasteiger partial charge on any atom is -0.356 e. The number of hydrogen-bond donors (Lipinski definition) is 1. The minimum atomic E-state index is 0.000752. The Balaban J connectivity index is 1.78. The average Bonchev–Trinajstić information content (AvgIpc) is 3.32. The van der Waals surface area contributed by atoms with Gasteiger partial charge in [0.1, 0.15) is 0 Å². The summed E-state index contributed by atoms with van der Waals surface area (Å²) in [6.45, 7) is 6.57. The van der Waals surface area contributed by atoms with Crippen LogP contribution in [-0.2, 0) is 9.59 Å². The first-order valence-corrected chi connectivity index (χ1v) is 8.22. The first kappa shape index (κ1) is 15.3. The van der Waals surface area contributed by atoms with Gasteiger partial charge in [0.05, 0.1) is 5.92 Å². The first-order valence-electron chi connectivity index (χ1n) is 8.22. The van der Waals surface area contributed by atoms with Crippen molar-refractivity contribution < 1.29 is 9.59 Å². The molecule has 114 valence electrons. The molecule has 0 bridgehead atoms. The molecule has 2 rings (SSSR count). The van der Waals surface area contributed by atoms with Crippen molar-refractivity contribution in [1.82, 2.24) is 10.2 Å². The van der Waals surface area contributed by atoms with Crippen molar-refractivity contribution in [3.63, 3.8) is 0 Å². The summed E-state index contributed by atoms with van der Waals surface area (Å²) < 4.78 is 0. The van der Waals surface area contributed by atoms with Gasteiger partial charge in [0.25, 0.3) is 0 Å². The van der Waals surface area contributed by atoms with Gasteiger partial charge in [-0.3, -0.25) is 9.59 Å². The van der Waals surface area contributed by atoms with Crippen LogP contribution in [0.5, 0.6) is 0 Å². The van der Waals surface area contributed by atoms with E-state index in [1.807, 2.05) is 4.90 Å². The van der Waals surface area contributed by atoms with E-state index in [0.29, 0.717) is 12.5 Å². The second kappa shape index (κ2) is 7.09. The molecule has 0 aromatic rings. The van der Waals surface area contributed by atoms with Crippen LogP contribution in [0.3, 0.4) is 0 Å². The van der Waals surface area contributed by atoms with Gasteiger partial charge in [-0.15, -0.1) is 0 Å². The normalized spacial score (nSPS) is 22.9. The summed E-state index contributed by atoms with van der Waals surface area (Å²) >= 11 is 0. The maximum Gasteiger partial charge on any atom is 0.225 e. The maximum atomic E-state index is 12.2. The van der Waals surface area contributed by atoms with Gasteiger partial charge in [-0.1, -0.05) is 26.7 Å². The molecule has 1 aliphatic heterocycles. The van der Waals surface area contributed by atoms with E-state index in [4.69, 9.17) is 0 Å². The van der Waals surface area contributed by atoms with Gasteiger partial charge < -0.3 is 10.2 Å². The van der Waals surface area contributed by atoms with E-state index in [0.717, 1.165) is 51.6 Å². The highest BCUT2D eigenvalue weighted by Gasteiger charge is 2.36. The molecule has 1 unspecified atom stereocenters. The fourth-order valence-electron chi connectivity index (χ4n) is 2.95. The van der Waals surface area contributed by atoms with Crippen molar-refractivity contribution >= 4 is 11.8 Å². The van der Waals surface area contributed by atoms with E-state index in [-0.39, 0.29) is 23.7 Å². The average molecular weight is 280 g/mol. The van der Waals surface area contributed by atoms with Crippen molar-refractivity contribution in [2.45, 2.75) is 52.4 Å². The second-order valence-electron chi connectivity index (χ2n) is 6.33. The third-order valence-electron chi connectivity index (χ3n) is 4.75. The number of likely N-dealkylation sites (tertiary alicyclic amines) is 1. The molecule has 4 heteroatoms. The Kier molecular flexibility index (Phi) is 5.44. The third kappa shape index (κ3) is 3.97. The molecule has 2 aliphatic rings. The smallest absolute Gasteiger partial charge is 0.225 e. The van der Waals surface area contributed by atoms with E-state index in [2.05, 4.69) is 19.2 Å². The standard InChI is InChI=1S/C16H28N2O2/c1-3-12(4-2)10-17-15(19)14-6-5-9-18(11-14)16(20)13-7-8-13/h12-14H,3-11H2,1-2H3,(H,17,19). The summed E-state index contributed by atoms with van der Waals surface area (Å²) in [7, 11) is 0. The van der Waals surface area contributed by atoms with E-state index in [1.165, 1.54) is 0 Å². The highest BCUT2D eigenvalue weighted by atomic mass is 16.2. The van der Waals surface area contributed by atoms with Crippen molar-refractivity contribution in [2.24, 2.45) is 17.8 Å². The molecule has 0 spiro atoms. The Morgan fingerprint density at radius 2 is 1.85 bits per heavy atom. The zero-order valence-corrected chi connectivity index (χ0v) is 12.9. The summed E-state index contributed by atoms with van der Waals surface area (Å²) in [4.78, 5) is 26.2. The zero-order chi connectivity index (χ0) is 14.5. The maximum absolute atomic E-state index is 12.2. The molecule has 1 aliphatic carbocycles. The number of amides is 2. The van der Waals surface area contributed by atoms with Crippen LogP contribution in [0.15, 0.2) is 0 Å². The highest BCUT2D eigenvalue weighted by Crippen LogP contribution is 2.32. The summed E-state index contributed by atoms with van der Waals surface area (Å²) in [6, 6.07) is 0. The van der Waals surface area contributed by atoms with Crippen LogP contribution in [0.1, 0.15) is 52.4 Å². The predicted octanol–water partition coefficient (Wildman–Crippen LogP) is 2.19.